The lowest BCUT2D eigenvalue weighted by atomic mass is 10.2. The molecule has 92 valence electrons. The molecule has 1 aromatic rings. The molecule has 0 radical (unpaired) electrons. The fraction of sp³-hybridized carbons (Fsp3) is 0.364. The molecular weight excluding hydrogens is 353 g/mol. The zero-order valence-corrected chi connectivity index (χ0v) is 12.0. The number of hydrogen-bond acceptors (Lipinski definition) is 3. The highest BCUT2D eigenvalue weighted by molar-refractivity contribution is 14.1. The summed E-state index contributed by atoms with van der Waals surface area (Å²) in [6.45, 7) is 0. The molecule has 0 aliphatic carbocycles. The Hall–Kier alpha value is -0.630. The minimum atomic E-state index is -2.95. The zero-order valence-electron chi connectivity index (χ0n) is 9.02. The van der Waals surface area contributed by atoms with E-state index in [-0.39, 0.29) is 23.5 Å². The maximum Gasteiger partial charge on any atom is 0.251 e. The molecule has 0 aromatic heterocycles. The third kappa shape index (κ3) is 3.41. The Morgan fingerprint density at radius 1 is 1.41 bits per heavy atom. The maximum absolute atomic E-state index is 11.9. The molecule has 17 heavy (non-hydrogen) atoms. The Balaban J connectivity index is 2.03. The molecule has 0 unspecified atom stereocenters. The number of hydrogen-bond donors (Lipinski definition) is 1. The number of amides is 1. The predicted molar refractivity (Wildman–Crippen MR) is 73.7 cm³/mol. The predicted octanol–water partition coefficient (Wildman–Crippen LogP) is 1.21. The number of nitrogens with one attached hydrogen (secondary N) is 1. The molecule has 1 aliphatic rings. The molecule has 1 aliphatic heterocycles. The van der Waals surface area contributed by atoms with Crippen LogP contribution >= 0.6 is 22.6 Å². The van der Waals surface area contributed by atoms with Crippen LogP contribution in [0.5, 0.6) is 0 Å². The Kier molecular flexibility index (Phi) is 3.72. The molecule has 4 nitrogen and oxygen atoms in total. The van der Waals surface area contributed by atoms with Crippen molar-refractivity contribution in [3.05, 3.63) is 33.4 Å². The first-order valence-corrected chi connectivity index (χ1v) is 8.13. The van der Waals surface area contributed by atoms with Gasteiger partial charge in [0.25, 0.3) is 5.91 Å². The fourth-order valence-electron chi connectivity index (χ4n) is 1.81. The molecule has 1 amide bonds. The van der Waals surface area contributed by atoms with Crippen LogP contribution in [0.15, 0.2) is 24.3 Å². The van der Waals surface area contributed by atoms with Crippen molar-refractivity contribution < 1.29 is 13.2 Å². The van der Waals surface area contributed by atoms with Crippen LogP contribution in [0.25, 0.3) is 0 Å². The summed E-state index contributed by atoms with van der Waals surface area (Å²) in [5.41, 5.74) is 0.571. The summed E-state index contributed by atoms with van der Waals surface area (Å²) in [4.78, 5) is 11.9. The molecule has 1 aromatic carbocycles. The van der Waals surface area contributed by atoms with E-state index >= 15 is 0 Å². The van der Waals surface area contributed by atoms with E-state index < -0.39 is 9.84 Å². The second kappa shape index (κ2) is 4.93. The molecule has 2 rings (SSSR count). The first-order valence-electron chi connectivity index (χ1n) is 5.23. The van der Waals surface area contributed by atoms with Crippen molar-refractivity contribution in [1.82, 2.24) is 5.32 Å². The van der Waals surface area contributed by atoms with Crippen molar-refractivity contribution in [2.24, 2.45) is 0 Å². The largest absolute Gasteiger partial charge is 0.348 e. The Bertz CT molecular complexity index is 541. The highest BCUT2D eigenvalue weighted by atomic mass is 127. The number of sulfone groups is 1. The number of carbonyl (C=O) groups is 1. The summed E-state index contributed by atoms with van der Waals surface area (Å²) in [5.74, 6) is 0.0260. The van der Waals surface area contributed by atoms with Gasteiger partial charge in [-0.25, -0.2) is 8.42 Å². The quantitative estimate of drug-likeness (QED) is 0.802. The van der Waals surface area contributed by atoms with E-state index in [1.54, 1.807) is 12.1 Å². The monoisotopic (exact) mass is 365 g/mol. The van der Waals surface area contributed by atoms with Crippen LogP contribution in [0.4, 0.5) is 0 Å². The van der Waals surface area contributed by atoms with Gasteiger partial charge in [0.05, 0.1) is 11.5 Å². The van der Waals surface area contributed by atoms with E-state index in [4.69, 9.17) is 0 Å². The summed E-state index contributed by atoms with van der Waals surface area (Å²) in [7, 11) is -2.95. The van der Waals surface area contributed by atoms with Gasteiger partial charge in [0.15, 0.2) is 9.84 Å². The molecule has 1 atom stereocenters. The van der Waals surface area contributed by atoms with Crippen LogP contribution in [-0.4, -0.2) is 31.9 Å². The van der Waals surface area contributed by atoms with E-state index in [9.17, 15) is 13.2 Å². The van der Waals surface area contributed by atoms with Gasteiger partial charge in [-0.2, -0.15) is 0 Å². The summed E-state index contributed by atoms with van der Waals surface area (Å²) in [6.07, 6.45) is 0.512. The SMILES string of the molecule is O=C(N[C@H]1CCS(=O)(=O)C1)c1cccc(I)c1. The van der Waals surface area contributed by atoms with Crippen molar-refractivity contribution in [1.29, 1.82) is 0 Å². The Morgan fingerprint density at radius 3 is 2.76 bits per heavy atom. The number of carbonyl (C=O) groups excluding carboxylic acids is 1. The summed E-state index contributed by atoms with van der Waals surface area (Å²) < 4.78 is 23.5. The minimum Gasteiger partial charge on any atom is -0.348 e. The fourth-order valence-corrected chi connectivity index (χ4v) is 4.02. The van der Waals surface area contributed by atoms with Gasteiger partial charge in [-0.05, 0) is 47.2 Å². The summed E-state index contributed by atoms with van der Waals surface area (Å²) >= 11 is 2.13. The zero-order chi connectivity index (χ0) is 12.5. The average molecular weight is 365 g/mol. The first-order chi connectivity index (χ1) is 7.96. The lowest BCUT2D eigenvalue weighted by Crippen LogP contribution is -2.35. The summed E-state index contributed by atoms with van der Waals surface area (Å²) in [5, 5.41) is 2.76. The van der Waals surface area contributed by atoms with Crippen LogP contribution in [0, 0.1) is 3.57 Å². The average Bonchev–Trinajstić information content (AvgIpc) is 2.58. The number of benzene rings is 1. The third-order valence-electron chi connectivity index (χ3n) is 2.65. The van der Waals surface area contributed by atoms with E-state index in [0.29, 0.717) is 12.0 Å². The van der Waals surface area contributed by atoms with E-state index in [1.807, 2.05) is 12.1 Å². The molecule has 1 fully saturated rings. The molecule has 0 bridgehead atoms. The van der Waals surface area contributed by atoms with Crippen LogP contribution in [-0.2, 0) is 9.84 Å². The van der Waals surface area contributed by atoms with Crippen molar-refractivity contribution in [2.75, 3.05) is 11.5 Å². The molecule has 6 heteroatoms. The maximum atomic E-state index is 11.9. The van der Waals surface area contributed by atoms with E-state index in [0.717, 1.165) is 3.57 Å². The van der Waals surface area contributed by atoms with Crippen molar-refractivity contribution >= 4 is 38.3 Å². The lowest BCUT2D eigenvalue weighted by molar-refractivity contribution is 0.0941. The minimum absolute atomic E-state index is 0.0582. The molecule has 0 spiro atoms. The van der Waals surface area contributed by atoms with Crippen LogP contribution in [0.3, 0.4) is 0 Å². The first kappa shape index (κ1) is 12.8. The van der Waals surface area contributed by atoms with Crippen LogP contribution < -0.4 is 5.32 Å². The topological polar surface area (TPSA) is 63.2 Å². The molecule has 0 saturated carbocycles. The smallest absolute Gasteiger partial charge is 0.251 e. The summed E-state index contributed by atoms with van der Waals surface area (Å²) in [6, 6.07) is 6.96. The van der Waals surface area contributed by atoms with Gasteiger partial charge in [-0.15, -0.1) is 0 Å². The molecule has 1 saturated heterocycles. The molecular formula is C11H12INO3S. The van der Waals surface area contributed by atoms with E-state index in [2.05, 4.69) is 27.9 Å². The molecule has 1 N–H and O–H groups in total. The van der Waals surface area contributed by atoms with Crippen LogP contribution in [0.1, 0.15) is 16.8 Å². The van der Waals surface area contributed by atoms with Gasteiger partial charge in [0.2, 0.25) is 0 Å². The van der Waals surface area contributed by atoms with Crippen LogP contribution in [0.2, 0.25) is 0 Å². The van der Waals surface area contributed by atoms with E-state index in [1.165, 1.54) is 0 Å². The van der Waals surface area contributed by atoms with Gasteiger partial charge < -0.3 is 5.32 Å². The van der Waals surface area contributed by atoms with Crippen molar-refractivity contribution in [2.45, 2.75) is 12.5 Å². The highest BCUT2D eigenvalue weighted by Crippen LogP contribution is 2.13. The van der Waals surface area contributed by atoms with Crippen molar-refractivity contribution in [3.63, 3.8) is 0 Å². The van der Waals surface area contributed by atoms with Gasteiger partial charge >= 0.3 is 0 Å². The Morgan fingerprint density at radius 2 is 2.18 bits per heavy atom. The number of rotatable bonds is 2. The molecule has 1 heterocycles. The third-order valence-corrected chi connectivity index (χ3v) is 5.09. The lowest BCUT2D eigenvalue weighted by Gasteiger charge is -2.10. The van der Waals surface area contributed by atoms with Gasteiger partial charge in [-0.1, -0.05) is 6.07 Å². The highest BCUT2D eigenvalue weighted by Gasteiger charge is 2.29. The second-order valence-corrected chi connectivity index (χ2v) is 7.56. The van der Waals surface area contributed by atoms with Gasteiger partial charge in [-0.3, -0.25) is 4.79 Å². The second-order valence-electron chi connectivity index (χ2n) is 4.08. The van der Waals surface area contributed by atoms with Gasteiger partial charge in [0.1, 0.15) is 0 Å². The van der Waals surface area contributed by atoms with Crippen molar-refractivity contribution in [3.8, 4) is 0 Å². The standard InChI is InChI=1S/C11H12INO3S/c12-9-3-1-2-8(6-9)11(14)13-10-4-5-17(15,16)7-10/h1-3,6,10H,4-5,7H2,(H,13,14)/t10-/m0/s1. The van der Waals surface area contributed by atoms with Gasteiger partial charge in [0, 0.05) is 15.2 Å². The number of halogens is 1. The Labute approximate surface area is 114 Å². The normalized spacial score (nSPS) is 22.3.